The van der Waals surface area contributed by atoms with Gasteiger partial charge in [-0.05, 0) is 44.0 Å². The second kappa shape index (κ2) is 12.1. The van der Waals surface area contributed by atoms with E-state index in [1.807, 2.05) is 12.3 Å². The Labute approximate surface area is 135 Å². The first-order chi connectivity index (χ1) is 10.7. The van der Waals surface area contributed by atoms with Gasteiger partial charge in [0.1, 0.15) is 5.70 Å². The molecule has 1 aliphatic heterocycles. The first-order valence-corrected chi connectivity index (χ1v) is 8.79. The summed E-state index contributed by atoms with van der Waals surface area (Å²) in [7, 11) is 0. The van der Waals surface area contributed by atoms with Gasteiger partial charge in [0.15, 0.2) is 0 Å². The van der Waals surface area contributed by atoms with Crippen LogP contribution in [0.15, 0.2) is 24.0 Å². The highest BCUT2D eigenvalue weighted by atomic mass is 16.5. The number of unbranched alkanes of at least 4 members (excludes halogenated alkanes) is 5. The van der Waals surface area contributed by atoms with Crippen molar-refractivity contribution in [3.8, 4) is 0 Å². The van der Waals surface area contributed by atoms with Gasteiger partial charge in [0.2, 0.25) is 0 Å². The number of hydrogen-bond donors (Lipinski definition) is 1. The fourth-order valence-electron chi connectivity index (χ4n) is 2.53. The monoisotopic (exact) mass is 308 g/mol. The molecular weight excluding hydrogens is 276 g/mol. The number of carbonyl (C=O) groups is 1. The molecule has 0 aromatic heterocycles. The highest BCUT2D eigenvalue weighted by molar-refractivity contribution is 5.87. The molecule has 0 radical (unpaired) electrons. The van der Waals surface area contributed by atoms with Crippen molar-refractivity contribution in [1.29, 1.82) is 0 Å². The Morgan fingerprint density at radius 2 is 1.77 bits per heavy atom. The smallest absolute Gasteiger partial charge is 0.354 e. The molecular formula is C18H32N2O2. The van der Waals surface area contributed by atoms with Crippen LogP contribution in [-0.4, -0.2) is 30.6 Å². The largest absolute Gasteiger partial charge is 0.461 e. The zero-order valence-electron chi connectivity index (χ0n) is 14.1. The molecule has 0 amide bonds. The lowest BCUT2D eigenvalue weighted by Crippen LogP contribution is -2.24. The van der Waals surface area contributed by atoms with Crippen LogP contribution < -0.4 is 5.73 Å². The van der Waals surface area contributed by atoms with Gasteiger partial charge in [-0.2, -0.15) is 0 Å². The summed E-state index contributed by atoms with van der Waals surface area (Å²) < 4.78 is 5.17. The molecule has 0 aliphatic carbocycles. The second-order valence-electron chi connectivity index (χ2n) is 5.96. The highest BCUT2D eigenvalue weighted by Crippen LogP contribution is 2.09. The molecule has 126 valence electrons. The predicted molar refractivity (Wildman–Crippen MR) is 91.2 cm³/mol. The first kappa shape index (κ1) is 18.6. The van der Waals surface area contributed by atoms with E-state index in [1.54, 1.807) is 6.08 Å². The molecule has 0 aromatic rings. The molecule has 1 fully saturated rings. The van der Waals surface area contributed by atoms with Crippen LogP contribution in [0.25, 0.3) is 0 Å². The van der Waals surface area contributed by atoms with Crippen molar-refractivity contribution in [2.45, 2.75) is 64.7 Å². The molecule has 0 unspecified atom stereocenters. The Hall–Kier alpha value is -1.45. The van der Waals surface area contributed by atoms with Crippen LogP contribution in [0.4, 0.5) is 0 Å². The molecule has 4 nitrogen and oxygen atoms in total. The number of piperidine rings is 1. The molecule has 0 aromatic carbocycles. The summed E-state index contributed by atoms with van der Waals surface area (Å²) in [5.74, 6) is -0.406. The molecule has 1 aliphatic rings. The Kier molecular flexibility index (Phi) is 10.3. The Balaban J connectivity index is 2.12. The maximum absolute atomic E-state index is 11.7. The third-order valence-corrected chi connectivity index (χ3v) is 3.93. The second-order valence-corrected chi connectivity index (χ2v) is 5.96. The van der Waals surface area contributed by atoms with Gasteiger partial charge < -0.3 is 15.4 Å². The fraction of sp³-hybridized carbons (Fsp3) is 0.722. The Morgan fingerprint density at radius 3 is 2.50 bits per heavy atom. The number of nitrogens with two attached hydrogens (primary N) is 1. The number of rotatable bonds is 10. The van der Waals surface area contributed by atoms with Gasteiger partial charge in [0.25, 0.3) is 0 Å². The minimum Gasteiger partial charge on any atom is -0.461 e. The third-order valence-electron chi connectivity index (χ3n) is 3.93. The van der Waals surface area contributed by atoms with Crippen molar-refractivity contribution < 1.29 is 9.53 Å². The van der Waals surface area contributed by atoms with E-state index in [9.17, 15) is 4.79 Å². The maximum atomic E-state index is 11.7. The van der Waals surface area contributed by atoms with E-state index in [2.05, 4.69) is 11.8 Å². The Bertz CT molecular complexity index is 358. The first-order valence-electron chi connectivity index (χ1n) is 8.79. The van der Waals surface area contributed by atoms with Crippen LogP contribution >= 0.6 is 0 Å². The molecule has 0 bridgehead atoms. The lowest BCUT2D eigenvalue weighted by atomic mass is 10.1. The van der Waals surface area contributed by atoms with Crippen LogP contribution in [0, 0.1) is 0 Å². The van der Waals surface area contributed by atoms with Crippen molar-refractivity contribution in [3.05, 3.63) is 24.0 Å². The molecule has 1 heterocycles. The zero-order valence-corrected chi connectivity index (χ0v) is 14.1. The average molecular weight is 308 g/mol. The average Bonchev–Trinajstić information content (AvgIpc) is 2.54. The Morgan fingerprint density at radius 1 is 1.09 bits per heavy atom. The van der Waals surface area contributed by atoms with E-state index in [1.165, 1.54) is 44.9 Å². The van der Waals surface area contributed by atoms with Gasteiger partial charge >= 0.3 is 5.97 Å². The number of nitrogens with zero attached hydrogens (tertiary/aromatic N) is 1. The van der Waals surface area contributed by atoms with Crippen molar-refractivity contribution in [3.63, 3.8) is 0 Å². The summed E-state index contributed by atoms with van der Waals surface area (Å²) >= 11 is 0. The standard InChI is InChI=1S/C18H32N2O2/c1-2-3-4-5-6-10-16-22-18(21)17(19)12-11-15-20-13-8-7-9-14-20/h11-12,15H,2-10,13-14,16,19H2,1H3/b15-11+,17-12+. The highest BCUT2D eigenvalue weighted by Gasteiger charge is 2.06. The van der Waals surface area contributed by atoms with Crippen LogP contribution in [-0.2, 0) is 9.53 Å². The molecule has 0 spiro atoms. The van der Waals surface area contributed by atoms with Gasteiger partial charge in [-0.1, -0.05) is 39.0 Å². The SMILES string of the molecule is CCCCCCCCOC(=O)/C(N)=C\C=C\N1CCCCC1. The van der Waals surface area contributed by atoms with Crippen molar-refractivity contribution >= 4 is 5.97 Å². The van der Waals surface area contributed by atoms with Gasteiger partial charge in [0.05, 0.1) is 6.61 Å². The molecule has 1 rings (SSSR count). The normalized spacial score (nSPS) is 16.2. The van der Waals surface area contributed by atoms with Crippen LogP contribution in [0.1, 0.15) is 64.7 Å². The zero-order chi connectivity index (χ0) is 16.0. The van der Waals surface area contributed by atoms with Crippen LogP contribution in [0.2, 0.25) is 0 Å². The van der Waals surface area contributed by atoms with E-state index in [0.29, 0.717) is 6.61 Å². The minimum absolute atomic E-state index is 0.180. The van der Waals surface area contributed by atoms with E-state index < -0.39 is 5.97 Å². The van der Waals surface area contributed by atoms with Gasteiger partial charge in [0, 0.05) is 13.1 Å². The summed E-state index contributed by atoms with van der Waals surface area (Å²) in [6.07, 6.45) is 16.3. The van der Waals surface area contributed by atoms with Gasteiger partial charge in [-0.25, -0.2) is 4.79 Å². The quantitative estimate of drug-likeness (QED) is 0.289. The molecule has 22 heavy (non-hydrogen) atoms. The van der Waals surface area contributed by atoms with Crippen molar-refractivity contribution in [2.75, 3.05) is 19.7 Å². The number of likely N-dealkylation sites (tertiary alicyclic amines) is 1. The maximum Gasteiger partial charge on any atom is 0.354 e. The summed E-state index contributed by atoms with van der Waals surface area (Å²) in [5.41, 5.74) is 5.91. The van der Waals surface area contributed by atoms with Gasteiger partial charge in [-0.3, -0.25) is 0 Å². The summed E-state index contributed by atoms with van der Waals surface area (Å²) in [4.78, 5) is 14.0. The predicted octanol–water partition coefficient (Wildman–Crippen LogP) is 3.73. The minimum atomic E-state index is -0.406. The summed E-state index contributed by atoms with van der Waals surface area (Å²) in [6.45, 7) is 4.85. The van der Waals surface area contributed by atoms with E-state index in [-0.39, 0.29) is 5.70 Å². The van der Waals surface area contributed by atoms with E-state index in [4.69, 9.17) is 10.5 Å². The van der Waals surface area contributed by atoms with E-state index >= 15 is 0 Å². The number of allylic oxidation sites excluding steroid dienone is 2. The van der Waals surface area contributed by atoms with Gasteiger partial charge in [-0.15, -0.1) is 0 Å². The van der Waals surface area contributed by atoms with Crippen LogP contribution in [0.3, 0.4) is 0 Å². The molecule has 2 N–H and O–H groups in total. The lowest BCUT2D eigenvalue weighted by molar-refractivity contribution is -0.139. The van der Waals surface area contributed by atoms with E-state index in [0.717, 1.165) is 25.9 Å². The number of esters is 1. The van der Waals surface area contributed by atoms with Crippen molar-refractivity contribution in [1.82, 2.24) is 4.90 Å². The molecule has 0 atom stereocenters. The number of ether oxygens (including phenoxy) is 1. The number of carbonyl (C=O) groups excluding carboxylic acids is 1. The van der Waals surface area contributed by atoms with Crippen LogP contribution in [0.5, 0.6) is 0 Å². The molecule has 1 saturated heterocycles. The summed E-state index contributed by atoms with van der Waals surface area (Å²) in [5, 5.41) is 0. The molecule has 0 saturated carbocycles. The lowest BCUT2D eigenvalue weighted by Gasteiger charge is -2.24. The third kappa shape index (κ3) is 8.75. The fourth-order valence-corrected chi connectivity index (χ4v) is 2.53. The number of hydrogen-bond acceptors (Lipinski definition) is 4. The topological polar surface area (TPSA) is 55.6 Å². The summed E-state index contributed by atoms with van der Waals surface area (Å²) in [6, 6.07) is 0. The van der Waals surface area contributed by atoms with Crippen molar-refractivity contribution in [2.24, 2.45) is 5.73 Å². The molecule has 4 heteroatoms.